The quantitative estimate of drug-likeness (QED) is 0.671. The maximum absolute atomic E-state index is 12.9. The van der Waals surface area contributed by atoms with Crippen LogP contribution in [-0.2, 0) is 4.79 Å². The van der Waals surface area contributed by atoms with E-state index in [9.17, 15) is 4.79 Å². The molecule has 2 saturated heterocycles. The van der Waals surface area contributed by atoms with Crippen LogP contribution in [-0.4, -0.2) is 60.4 Å². The van der Waals surface area contributed by atoms with E-state index in [4.69, 9.17) is 15.7 Å². The molecule has 0 saturated carbocycles. The van der Waals surface area contributed by atoms with Crippen LogP contribution in [0.4, 0.5) is 5.69 Å². The van der Waals surface area contributed by atoms with E-state index in [0.717, 1.165) is 6.54 Å². The average Bonchev–Trinajstić information content (AvgIpc) is 2.92. The van der Waals surface area contributed by atoms with Crippen LogP contribution in [0.15, 0.2) is 18.5 Å². The number of hydrogen-bond acceptors (Lipinski definition) is 8. The largest absolute Gasteiger partial charge is 0.494 e. The molecule has 1 aromatic rings. The number of fused-ring (bicyclic) bond motifs is 1. The first-order valence-corrected chi connectivity index (χ1v) is 8.19. The van der Waals surface area contributed by atoms with Gasteiger partial charge in [0.15, 0.2) is 0 Å². The minimum absolute atomic E-state index is 0.160. The van der Waals surface area contributed by atoms with Crippen molar-refractivity contribution in [1.82, 2.24) is 20.3 Å². The van der Waals surface area contributed by atoms with Crippen LogP contribution in [0, 0.1) is 23.2 Å². The van der Waals surface area contributed by atoms with Gasteiger partial charge in [-0.3, -0.25) is 14.7 Å². The molecule has 0 radical (unpaired) electrons. The smallest absolute Gasteiger partial charge is 0.233 e. The lowest BCUT2D eigenvalue weighted by Crippen LogP contribution is -2.58. The molecule has 4 unspecified atom stereocenters. The molecular weight excluding hydrogens is 322 g/mol. The Labute approximate surface area is 146 Å². The van der Waals surface area contributed by atoms with Gasteiger partial charge in [-0.05, 0) is 13.0 Å². The molecule has 4 atom stereocenters. The zero-order chi connectivity index (χ0) is 18.0. The van der Waals surface area contributed by atoms with Gasteiger partial charge >= 0.3 is 0 Å². The number of pyridine rings is 1. The number of methoxy groups -OCH3 is 1. The molecule has 0 bridgehead atoms. The fourth-order valence-corrected chi connectivity index (χ4v) is 3.68. The second-order valence-corrected chi connectivity index (χ2v) is 6.48. The van der Waals surface area contributed by atoms with Gasteiger partial charge < -0.3 is 15.8 Å². The fraction of sp³-hybridized carbons (Fsp3) is 0.562. The highest BCUT2D eigenvalue weighted by atomic mass is 16.5. The topological polar surface area (TPSA) is 120 Å². The molecule has 2 fully saturated rings. The van der Waals surface area contributed by atoms with Crippen LogP contribution >= 0.6 is 0 Å². The summed E-state index contributed by atoms with van der Waals surface area (Å²) in [6.45, 7) is 1.44. The SMILES string of the molecule is COc1ccncc1NC(=O)C1C(N)NN2CC(CC#N)CN(C)C12. The van der Waals surface area contributed by atoms with Crippen molar-refractivity contribution < 1.29 is 9.53 Å². The molecule has 4 N–H and O–H groups in total. The van der Waals surface area contributed by atoms with Crippen LogP contribution < -0.4 is 21.2 Å². The summed E-state index contributed by atoms with van der Waals surface area (Å²) in [5.74, 6) is 0.124. The predicted molar refractivity (Wildman–Crippen MR) is 90.9 cm³/mol. The standard InChI is InChI=1S/C16H23N7O2/c1-22-8-10(3-5-17)9-23-16(22)13(14(18)21-23)15(24)20-11-7-19-6-4-12(11)25-2/h4,6-7,10,13-14,16,21H,3,8-9,18H2,1-2H3,(H,20,24). The van der Waals surface area contributed by atoms with Gasteiger partial charge in [-0.2, -0.15) is 5.26 Å². The van der Waals surface area contributed by atoms with Crippen LogP contribution in [0.3, 0.4) is 0 Å². The summed E-state index contributed by atoms with van der Waals surface area (Å²) in [7, 11) is 3.49. The molecule has 0 aromatic carbocycles. The third-order valence-corrected chi connectivity index (χ3v) is 4.74. The van der Waals surface area contributed by atoms with Crippen molar-refractivity contribution in [1.29, 1.82) is 5.26 Å². The Hall–Kier alpha value is -2.25. The number of carbonyl (C=O) groups is 1. The van der Waals surface area contributed by atoms with E-state index in [1.54, 1.807) is 25.6 Å². The van der Waals surface area contributed by atoms with Crippen molar-refractivity contribution in [2.75, 3.05) is 32.6 Å². The Morgan fingerprint density at radius 2 is 2.40 bits per heavy atom. The number of carbonyl (C=O) groups excluding carboxylic acids is 1. The van der Waals surface area contributed by atoms with Crippen molar-refractivity contribution in [2.24, 2.45) is 17.6 Å². The number of nitriles is 1. The second kappa shape index (κ2) is 7.33. The molecule has 9 nitrogen and oxygen atoms in total. The summed E-state index contributed by atoms with van der Waals surface area (Å²) in [5.41, 5.74) is 9.88. The summed E-state index contributed by atoms with van der Waals surface area (Å²) in [6, 6.07) is 3.90. The van der Waals surface area contributed by atoms with E-state index in [1.807, 2.05) is 12.1 Å². The fourth-order valence-electron chi connectivity index (χ4n) is 3.68. The van der Waals surface area contributed by atoms with E-state index in [1.165, 1.54) is 0 Å². The van der Waals surface area contributed by atoms with Crippen molar-refractivity contribution in [3.05, 3.63) is 18.5 Å². The number of rotatable bonds is 4. The second-order valence-electron chi connectivity index (χ2n) is 6.48. The Morgan fingerprint density at radius 1 is 1.60 bits per heavy atom. The summed E-state index contributed by atoms with van der Waals surface area (Å²) < 4.78 is 5.25. The number of ether oxygens (including phenoxy) is 1. The average molecular weight is 345 g/mol. The molecular formula is C16H23N7O2. The van der Waals surface area contributed by atoms with Crippen LogP contribution in [0.1, 0.15) is 6.42 Å². The van der Waals surface area contributed by atoms with Crippen molar-refractivity contribution in [3.8, 4) is 11.8 Å². The number of aromatic nitrogens is 1. The highest BCUT2D eigenvalue weighted by molar-refractivity contribution is 5.94. The molecule has 1 amide bonds. The highest BCUT2D eigenvalue weighted by Crippen LogP contribution is 2.31. The van der Waals surface area contributed by atoms with Crippen molar-refractivity contribution >= 4 is 11.6 Å². The molecule has 25 heavy (non-hydrogen) atoms. The molecule has 3 heterocycles. The molecule has 0 aliphatic carbocycles. The first kappa shape index (κ1) is 17.6. The lowest BCUT2D eigenvalue weighted by Gasteiger charge is -2.42. The molecule has 3 rings (SSSR count). The van der Waals surface area contributed by atoms with E-state index in [0.29, 0.717) is 24.4 Å². The molecule has 9 heteroatoms. The van der Waals surface area contributed by atoms with E-state index in [2.05, 4.69) is 26.7 Å². The molecule has 0 spiro atoms. The van der Waals surface area contributed by atoms with Crippen molar-refractivity contribution in [2.45, 2.75) is 18.8 Å². The minimum atomic E-state index is -0.504. The van der Waals surface area contributed by atoms with E-state index >= 15 is 0 Å². The Bertz CT molecular complexity index is 677. The van der Waals surface area contributed by atoms with Gasteiger partial charge in [0.1, 0.15) is 11.4 Å². The summed E-state index contributed by atoms with van der Waals surface area (Å²) in [6.07, 6.45) is 2.97. The van der Waals surface area contributed by atoms with Gasteiger partial charge in [-0.1, -0.05) is 0 Å². The Morgan fingerprint density at radius 3 is 3.12 bits per heavy atom. The minimum Gasteiger partial charge on any atom is -0.494 e. The lowest BCUT2D eigenvalue weighted by molar-refractivity contribution is -0.124. The first-order valence-electron chi connectivity index (χ1n) is 8.19. The van der Waals surface area contributed by atoms with Crippen LogP contribution in [0.2, 0.25) is 0 Å². The van der Waals surface area contributed by atoms with Gasteiger partial charge in [0.2, 0.25) is 5.91 Å². The van der Waals surface area contributed by atoms with Gasteiger partial charge in [-0.15, -0.1) is 0 Å². The number of hydrazine groups is 1. The maximum atomic E-state index is 12.9. The molecule has 134 valence electrons. The normalized spacial score (nSPS) is 29.7. The summed E-state index contributed by atoms with van der Waals surface area (Å²) in [4.78, 5) is 19.0. The highest BCUT2D eigenvalue weighted by Gasteiger charge is 2.49. The lowest BCUT2D eigenvalue weighted by atomic mass is 9.96. The number of nitrogens with two attached hydrogens (primary N) is 1. The molecule has 2 aliphatic rings. The van der Waals surface area contributed by atoms with Gasteiger partial charge in [0, 0.05) is 31.8 Å². The van der Waals surface area contributed by atoms with Crippen molar-refractivity contribution in [3.63, 3.8) is 0 Å². The van der Waals surface area contributed by atoms with E-state index in [-0.39, 0.29) is 18.0 Å². The monoisotopic (exact) mass is 345 g/mol. The van der Waals surface area contributed by atoms with Gasteiger partial charge in [0.25, 0.3) is 0 Å². The number of hydrogen-bond donors (Lipinski definition) is 3. The van der Waals surface area contributed by atoms with E-state index < -0.39 is 12.1 Å². The van der Waals surface area contributed by atoms with Gasteiger partial charge in [-0.25, -0.2) is 10.4 Å². The summed E-state index contributed by atoms with van der Waals surface area (Å²) in [5, 5.41) is 13.8. The Balaban J connectivity index is 1.76. The Kier molecular flexibility index (Phi) is 5.15. The molecule has 1 aromatic heterocycles. The third kappa shape index (κ3) is 3.43. The zero-order valence-corrected chi connectivity index (χ0v) is 14.3. The zero-order valence-electron chi connectivity index (χ0n) is 14.3. The number of amides is 1. The maximum Gasteiger partial charge on any atom is 0.233 e. The van der Waals surface area contributed by atoms with Gasteiger partial charge in [0.05, 0.1) is 37.6 Å². The first-order chi connectivity index (χ1) is 12.0. The third-order valence-electron chi connectivity index (χ3n) is 4.74. The number of nitrogens with zero attached hydrogens (tertiary/aromatic N) is 4. The van der Waals surface area contributed by atoms with Crippen LogP contribution in [0.5, 0.6) is 5.75 Å². The van der Waals surface area contributed by atoms with Crippen LogP contribution in [0.25, 0.3) is 0 Å². The number of anilines is 1. The number of nitrogens with one attached hydrogen (secondary N) is 2. The summed E-state index contributed by atoms with van der Waals surface area (Å²) >= 11 is 0. The molecule has 2 aliphatic heterocycles. The predicted octanol–water partition coefficient (Wildman–Crippen LogP) is -0.449.